The van der Waals surface area contributed by atoms with Gasteiger partial charge in [-0.3, -0.25) is 4.79 Å². The number of nitrogens with zero attached hydrogens (tertiary/aromatic N) is 1. The van der Waals surface area contributed by atoms with Gasteiger partial charge < -0.3 is 10.4 Å². The third-order valence-corrected chi connectivity index (χ3v) is 5.62. The number of aromatic nitrogens is 1. The zero-order valence-electron chi connectivity index (χ0n) is 13.8. The van der Waals surface area contributed by atoms with Gasteiger partial charge in [0.05, 0.1) is 5.41 Å². The van der Waals surface area contributed by atoms with E-state index < -0.39 is 5.41 Å². The van der Waals surface area contributed by atoms with E-state index in [-0.39, 0.29) is 17.6 Å². The number of carbonyl (C=O) groups is 1. The first-order valence-corrected chi connectivity index (χ1v) is 9.03. The average molecular weight is 350 g/mol. The number of carbonyl (C=O) groups excluding carboxylic acids is 1. The quantitative estimate of drug-likeness (QED) is 0.745. The molecule has 4 nitrogen and oxygen atoms in total. The van der Waals surface area contributed by atoms with Crippen LogP contribution < -0.4 is 5.32 Å². The summed E-state index contributed by atoms with van der Waals surface area (Å²) in [6.07, 6.45) is 2.33. The molecule has 0 fully saturated rings. The number of thiazole rings is 1. The van der Waals surface area contributed by atoms with E-state index in [2.05, 4.69) is 22.4 Å². The van der Waals surface area contributed by atoms with Crippen molar-refractivity contribution in [2.24, 2.45) is 5.41 Å². The molecule has 0 bridgehead atoms. The second kappa shape index (κ2) is 6.01. The number of rotatable bonds is 3. The first kappa shape index (κ1) is 15.8. The Hall–Kier alpha value is -2.66. The van der Waals surface area contributed by atoms with Crippen LogP contribution in [-0.2, 0) is 11.2 Å². The zero-order valence-corrected chi connectivity index (χ0v) is 14.6. The highest BCUT2D eigenvalue weighted by Gasteiger charge is 2.48. The zero-order chi connectivity index (χ0) is 17.4. The van der Waals surface area contributed by atoms with E-state index in [0.29, 0.717) is 11.6 Å². The molecule has 126 valence electrons. The molecule has 0 aliphatic heterocycles. The number of benzene rings is 2. The Morgan fingerprint density at radius 2 is 2.12 bits per heavy atom. The average Bonchev–Trinajstić information content (AvgIpc) is 3.20. The lowest BCUT2D eigenvalue weighted by Crippen LogP contribution is -2.37. The summed E-state index contributed by atoms with van der Waals surface area (Å²) in [5.74, 6) is 0.0484. The highest BCUT2D eigenvalue weighted by Crippen LogP contribution is 2.51. The molecule has 1 amide bonds. The molecule has 1 aliphatic carbocycles. The lowest BCUT2D eigenvalue weighted by atomic mass is 9.73. The van der Waals surface area contributed by atoms with Crippen LogP contribution in [0.4, 0.5) is 5.13 Å². The molecular formula is C20H18N2O2S. The minimum Gasteiger partial charge on any atom is -0.508 e. The molecule has 2 aromatic carbocycles. The summed E-state index contributed by atoms with van der Waals surface area (Å²) < 4.78 is 0. The molecule has 0 saturated carbocycles. The van der Waals surface area contributed by atoms with Crippen molar-refractivity contribution in [1.82, 2.24) is 4.98 Å². The van der Waals surface area contributed by atoms with Crippen molar-refractivity contribution in [2.45, 2.75) is 19.3 Å². The van der Waals surface area contributed by atoms with Crippen LogP contribution in [0.1, 0.15) is 29.5 Å². The summed E-state index contributed by atoms with van der Waals surface area (Å²) in [5.41, 5.74) is 2.61. The van der Waals surface area contributed by atoms with Crippen molar-refractivity contribution in [3.63, 3.8) is 0 Å². The number of phenols is 1. The number of fused-ring (bicyclic) bond motifs is 1. The Balaban J connectivity index is 1.79. The lowest BCUT2D eigenvalue weighted by Gasteiger charge is -2.31. The predicted molar refractivity (Wildman–Crippen MR) is 98.9 cm³/mol. The van der Waals surface area contributed by atoms with Crippen LogP contribution in [0.5, 0.6) is 5.75 Å². The number of anilines is 1. The van der Waals surface area contributed by atoms with Gasteiger partial charge in [-0.25, -0.2) is 4.98 Å². The number of phenolic OH excluding ortho intramolecular Hbond substituents is 1. The van der Waals surface area contributed by atoms with Gasteiger partial charge >= 0.3 is 0 Å². The maximum absolute atomic E-state index is 13.2. The van der Waals surface area contributed by atoms with Crippen molar-refractivity contribution >= 4 is 22.4 Å². The van der Waals surface area contributed by atoms with Crippen LogP contribution in [0, 0.1) is 5.41 Å². The van der Waals surface area contributed by atoms with Crippen LogP contribution in [0.15, 0.2) is 60.1 Å². The first-order valence-electron chi connectivity index (χ1n) is 8.15. The van der Waals surface area contributed by atoms with E-state index in [1.54, 1.807) is 18.3 Å². The van der Waals surface area contributed by atoms with Crippen molar-refractivity contribution in [3.05, 3.63) is 76.8 Å². The smallest absolute Gasteiger partial charge is 0.233 e. The number of amides is 1. The molecule has 0 radical (unpaired) electrons. The second-order valence-electron chi connectivity index (χ2n) is 6.61. The van der Waals surface area contributed by atoms with E-state index in [9.17, 15) is 9.90 Å². The minimum atomic E-state index is -0.650. The molecule has 1 aromatic heterocycles. The third-order valence-electron chi connectivity index (χ3n) is 4.94. The fourth-order valence-electron chi connectivity index (χ4n) is 3.81. The van der Waals surface area contributed by atoms with Gasteiger partial charge in [-0.05, 0) is 42.2 Å². The molecule has 2 atom stereocenters. The van der Waals surface area contributed by atoms with Crippen molar-refractivity contribution in [1.29, 1.82) is 0 Å². The van der Waals surface area contributed by atoms with Gasteiger partial charge in [0.25, 0.3) is 0 Å². The summed E-state index contributed by atoms with van der Waals surface area (Å²) in [6.45, 7) is 1.99. The van der Waals surface area contributed by atoms with Gasteiger partial charge in [-0.1, -0.05) is 36.4 Å². The fraction of sp³-hybridized carbons (Fsp3) is 0.200. The van der Waals surface area contributed by atoms with Gasteiger partial charge in [-0.15, -0.1) is 11.3 Å². The largest absolute Gasteiger partial charge is 0.508 e. The first-order chi connectivity index (χ1) is 12.1. The van der Waals surface area contributed by atoms with Gasteiger partial charge in [0.15, 0.2) is 5.13 Å². The molecule has 25 heavy (non-hydrogen) atoms. The van der Waals surface area contributed by atoms with Crippen LogP contribution in [0.3, 0.4) is 0 Å². The topological polar surface area (TPSA) is 62.2 Å². The number of nitrogens with one attached hydrogen (secondary N) is 1. The predicted octanol–water partition coefficient (Wildman–Crippen LogP) is 4.18. The van der Waals surface area contributed by atoms with Crippen LogP contribution in [-0.4, -0.2) is 16.0 Å². The SMILES string of the molecule is C[C@]1(C(=O)Nc2nccs2)Cc2ccccc2[C@H]1c1cccc(O)c1. The second-order valence-corrected chi connectivity index (χ2v) is 7.51. The standard InChI is InChI=1S/C20H18N2O2S/c1-20(18(24)22-19-21-9-10-25-19)12-14-5-2-3-8-16(14)17(20)13-6-4-7-15(23)11-13/h2-11,17,23H,12H2,1H3,(H,21,22,24)/t17-,20+/m1/s1. The summed E-state index contributed by atoms with van der Waals surface area (Å²) in [4.78, 5) is 17.3. The molecule has 3 aromatic rings. The molecule has 2 N–H and O–H groups in total. The van der Waals surface area contributed by atoms with Crippen LogP contribution in [0.25, 0.3) is 0 Å². The molecule has 5 heteroatoms. The third kappa shape index (κ3) is 2.70. The lowest BCUT2D eigenvalue weighted by molar-refractivity contribution is -0.125. The van der Waals surface area contributed by atoms with Crippen molar-refractivity contribution < 1.29 is 9.90 Å². The maximum Gasteiger partial charge on any atom is 0.233 e. The van der Waals surface area contributed by atoms with E-state index in [1.807, 2.05) is 36.6 Å². The van der Waals surface area contributed by atoms with Crippen molar-refractivity contribution in [3.8, 4) is 5.75 Å². The summed E-state index contributed by atoms with van der Waals surface area (Å²) in [7, 11) is 0. The Morgan fingerprint density at radius 1 is 1.28 bits per heavy atom. The monoisotopic (exact) mass is 350 g/mol. The van der Waals surface area contributed by atoms with Gasteiger partial charge in [-0.2, -0.15) is 0 Å². The summed E-state index contributed by atoms with van der Waals surface area (Å²) in [5, 5.41) is 15.3. The van der Waals surface area contributed by atoms with E-state index in [0.717, 1.165) is 11.1 Å². The Bertz CT molecular complexity index is 923. The highest BCUT2D eigenvalue weighted by molar-refractivity contribution is 7.13. The summed E-state index contributed by atoms with van der Waals surface area (Å²) >= 11 is 1.41. The molecular weight excluding hydrogens is 332 g/mol. The van der Waals surface area contributed by atoms with Gasteiger partial charge in [0.1, 0.15) is 5.75 Å². The molecule has 0 saturated heterocycles. The number of aromatic hydroxyl groups is 1. The molecule has 0 unspecified atom stereocenters. The maximum atomic E-state index is 13.2. The Kier molecular flexibility index (Phi) is 3.81. The highest BCUT2D eigenvalue weighted by atomic mass is 32.1. The minimum absolute atomic E-state index is 0.0491. The molecule has 0 spiro atoms. The van der Waals surface area contributed by atoms with Gasteiger partial charge in [0.2, 0.25) is 5.91 Å². The number of hydrogen-bond acceptors (Lipinski definition) is 4. The van der Waals surface area contributed by atoms with E-state index >= 15 is 0 Å². The normalized spacial score (nSPS) is 21.7. The van der Waals surface area contributed by atoms with E-state index in [1.165, 1.54) is 16.9 Å². The van der Waals surface area contributed by atoms with E-state index in [4.69, 9.17) is 0 Å². The van der Waals surface area contributed by atoms with Crippen LogP contribution >= 0.6 is 11.3 Å². The molecule has 4 rings (SSSR count). The van der Waals surface area contributed by atoms with Gasteiger partial charge in [0, 0.05) is 17.5 Å². The Labute approximate surface area is 150 Å². The molecule has 1 aliphatic rings. The molecule has 1 heterocycles. The number of hydrogen-bond donors (Lipinski definition) is 2. The fourth-order valence-corrected chi connectivity index (χ4v) is 4.33. The van der Waals surface area contributed by atoms with Crippen LogP contribution in [0.2, 0.25) is 0 Å². The Morgan fingerprint density at radius 3 is 2.88 bits per heavy atom. The summed E-state index contributed by atoms with van der Waals surface area (Å²) in [6, 6.07) is 15.4. The van der Waals surface area contributed by atoms with Crippen molar-refractivity contribution in [2.75, 3.05) is 5.32 Å².